The Morgan fingerprint density at radius 2 is 1.44 bits per heavy atom. The quantitative estimate of drug-likeness (QED) is 0.322. The van der Waals surface area contributed by atoms with Crippen LogP contribution < -0.4 is 56.1 Å². The first-order valence-electron chi connectivity index (χ1n) is 9.32. The summed E-state index contributed by atoms with van der Waals surface area (Å²) in [7, 11) is -4.56. The van der Waals surface area contributed by atoms with Crippen LogP contribution in [-0.4, -0.2) is 13.0 Å². The van der Waals surface area contributed by atoms with Gasteiger partial charge in [-0.15, -0.1) is 0 Å². The molecule has 0 aliphatic heterocycles. The van der Waals surface area contributed by atoms with Gasteiger partial charge in [-0.1, -0.05) is 69.7 Å². The predicted octanol–water partition coefficient (Wildman–Crippen LogP) is 2.68. The van der Waals surface area contributed by atoms with Gasteiger partial charge in [-0.25, -0.2) is 8.42 Å². The Kier molecular flexibility index (Phi) is 12.0. The average Bonchev–Trinajstić information content (AvgIpc) is 2.62. The Hall–Kier alpha value is -0.214. The van der Waals surface area contributed by atoms with E-state index in [1.54, 1.807) is 6.07 Å². The first-order valence-corrected chi connectivity index (χ1v) is 10.7. The van der Waals surface area contributed by atoms with Crippen molar-refractivity contribution in [3.63, 3.8) is 0 Å². The van der Waals surface area contributed by atoms with Crippen LogP contribution in [0.4, 0.5) is 0 Å². The first kappa shape index (κ1) is 24.8. The van der Waals surface area contributed by atoms with Crippen LogP contribution in [0.1, 0.15) is 57.4 Å². The van der Waals surface area contributed by atoms with Gasteiger partial charge in [-0.05, 0) is 42.7 Å². The molecule has 0 fully saturated rings. The van der Waals surface area contributed by atoms with Crippen molar-refractivity contribution in [3.05, 3.63) is 54.1 Å². The van der Waals surface area contributed by atoms with Gasteiger partial charge in [0.2, 0.25) is 0 Å². The number of rotatable bonds is 11. The van der Waals surface area contributed by atoms with E-state index in [0.717, 1.165) is 6.42 Å². The molecule has 2 aromatic carbocycles. The van der Waals surface area contributed by atoms with Crippen LogP contribution in [0, 0.1) is 0 Å². The number of para-hydroxylation sites is 1. The van der Waals surface area contributed by atoms with Gasteiger partial charge in [0, 0.05) is 0 Å². The number of benzene rings is 2. The Morgan fingerprint density at radius 1 is 0.852 bits per heavy atom. The van der Waals surface area contributed by atoms with E-state index >= 15 is 0 Å². The zero-order valence-electron chi connectivity index (χ0n) is 16.3. The van der Waals surface area contributed by atoms with E-state index in [2.05, 4.69) is 6.92 Å². The van der Waals surface area contributed by atoms with Crippen LogP contribution in [0.2, 0.25) is 0 Å². The van der Waals surface area contributed by atoms with E-state index < -0.39 is 10.1 Å². The van der Waals surface area contributed by atoms with E-state index in [0.29, 0.717) is 5.75 Å². The van der Waals surface area contributed by atoms with Gasteiger partial charge in [-0.2, -0.15) is 0 Å². The molecule has 0 aromatic heterocycles. The number of unbranched alkanes of at least 4 members (excludes halogenated alkanes) is 6. The minimum absolute atomic E-state index is 0. The van der Waals surface area contributed by atoms with E-state index in [4.69, 9.17) is 4.74 Å². The molecule has 0 aliphatic rings. The number of ether oxygens (including phenoxy) is 1. The molecule has 2 aromatic rings. The van der Waals surface area contributed by atoms with E-state index in [9.17, 15) is 13.0 Å². The van der Waals surface area contributed by atoms with E-state index in [-0.39, 0.29) is 62.0 Å². The molecule has 0 saturated heterocycles. The maximum atomic E-state index is 11.3. The molecule has 0 radical (unpaired) electrons. The van der Waals surface area contributed by atoms with Crippen LogP contribution in [0.15, 0.2) is 53.4 Å². The van der Waals surface area contributed by atoms with Crippen molar-refractivity contribution in [2.45, 2.75) is 63.2 Å². The second-order valence-electron chi connectivity index (χ2n) is 6.52. The normalized spacial score (nSPS) is 11.0. The second-order valence-corrected chi connectivity index (χ2v) is 7.87. The van der Waals surface area contributed by atoms with Gasteiger partial charge in [0.15, 0.2) is 0 Å². The molecule has 142 valence electrons. The van der Waals surface area contributed by atoms with Crippen molar-refractivity contribution in [3.8, 4) is 11.5 Å². The molecule has 0 unspecified atom stereocenters. The fourth-order valence-electron chi connectivity index (χ4n) is 2.88. The van der Waals surface area contributed by atoms with E-state index in [1.165, 1.54) is 68.7 Å². The largest absolute Gasteiger partial charge is 1.00 e. The molecule has 0 heterocycles. The molecule has 0 amide bonds. The van der Waals surface area contributed by atoms with Gasteiger partial charge in [0.1, 0.15) is 21.6 Å². The molecule has 0 spiro atoms. The third-order valence-corrected chi connectivity index (χ3v) is 5.21. The van der Waals surface area contributed by atoms with Gasteiger partial charge in [0.05, 0.1) is 4.90 Å². The summed E-state index contributed by atoms with van der Waals surface area (Å²) in [6, 6.07) is 13.5. The summed E-state index contributed by atoms with van der Waals surface area (Å²) in [4.78, 5) is -0.341. The van der Waals surface area contributed by atoms with Crippen LogP contribution in [0.3, 0.4) is 0 Å². The van der Waals surface area contributed by atoms with Crippen molar-refractivity contribution in [2.24, 2.45) is 0 Å². The summed E-state index contributed by atoms with van der Waals surface area (Å²) in [5.41, 5.74) is 1.23. The third-order valence-electron chi connectivity index (χ3n) is 4.34. The number of aryl methyl sites for hydroxylation is 1. The Labute approximate surface area is 205 Å². The number of hydrogen-bond acceptors (Lipinski definition) is 4. The van der Waals surface area contributed by atoms with E-state index in [1.807, 2.05) is 24.3 Å². The molecular formula is C21H27KO4S. The Morgan fingerprint density at radius 3 is 2.07 bits per heavy atom. The molecule has 0 bridgehead atoms. The Bertz CT molecular complexity index is 773. The SMILES string of the molecule is CCCCCCCCCc1ccc(Oc2ccccc2S(=O)(=O)[O-])cc1.[K+]. The third kappa shape index (κ3) is 9.22. The van der Waals surface area contributed by atoms with Gasteiger partial charge in [0.25, 0.3) is 0 Å². The summed E-state index contributed by atoms with van der Waals surface area (Å²) >= 11 is 0. The van der Waals surface area contributed by atoms with Crippen LogP contribution in [-0.2, 0) is 16.5 Å². The first-order chi connectivity index (χ1) is 12.5. The molecule has 0 atom stereocenters. The fourth-order valence-corrected chi connectivity index (χ4v) is 3.48. The zero-order valence-corrected chi connectivity index (χ0v) is 20.3. The van der Waals surface area contributed by atoms with Gasteiger partial charge < -0.3 is 9.29 Å². The van der Waals surface area contributed by atoms with Gasteiger partial charge in [-0.3, -0.25) is 0 Å². The molecular weight excluding hydrogens is 387 g/mol. The molecule has 0 N–H and O–H groups in total. The Balaban J connectivity index is 0.00000364. The maximum Gasteiger partial charge on any atom is 1.00 e. The molecule has 2 rings (SSSR count). The smallest absolute Gasteiger partial charge is 0.744 e. The minimum atomic E-state index is -4.56. The molecule has 4 nitrogen and oxygen atoms in total. The van der Waals surface area contributed by atoms with Crippen LogP contribution in [0.5, 0.6) is 11.5 Å². The fraction of sp³-hybridized carbons (Fsp3) is 0.429. The molecule has 27 heavy (non-hydrogen) atoms. The predicted molar refractivity (Wildman–Crippen MR) is 103 cm³/mol. The maximum absolute atomic E-state index is 11.3. The molecule has 6 heteroatoms. The van der Waals surface area contributed by atoms with Crippen molar-refractivity contribution >= 4 is 10.1 Å². The summed E-state index contributed by atoms with van der Waals surface area (Å²) in [5.74, 6) is 0.576. The number of hydrogen-bond donors (Lipinski definition) is 0. The second kappa shape index (κ2) is 13.1. The standard InChI is InChI=1S/C21H28O4S.K/c1-2-3-4-5-6-7-8-11-18-14-16-19(17-15-18)25-20-12-9-10-13-21(20)26(22,23)24;/h9-10,12-17H,2-8,11H2,1H3,(H,22,23,24);/q;+1/p-1. The summed E-state index contributed by atoms with van der Waals surface area (Å²) in [6.45, 7) is 2.23. The monoisotopic (exact) mass is 414 g/mol. The summed E-state index contributed by atoms with van der Waals surface area (Å²) < 4.78 is 39.5. The van der Waals surface area contributed by atoms with Crippen molar-refractivity contribution in [2.75, 3.05) is 0 Å². The van der Waals surface area contributed by atoms with Crippen LogP contribution >= 0.6 is 0 Å². The van der Waals surface area contributed by atoms with Crippen molar-refractivity contribution in [1.29, 1.82) is 0 Å². The molecule has 0 aliphatic carbocycles. The minimum Gasteiger partial charge on any atom is -0.744 e. The summed E-state index contributed by atoms with van der Waals surface area (Å²) in [6.07, 6.45) is 10.0. The molecule has 0 saturated carbocycles. The zero-order chi connectivity index (χ0) is 18.8. The van der Waals surface area contributed by atoms with Gasteiger partial charge >= 0.3 is 51.4 Å². The average molecular weight is 415 g/mol. The van der Waals surface area contributed by atoms with Crippen molar-refractivity contribution < 1.29 is 69.1 Å². The van der Waals surface area contributed by atoms with Crippen LogP contribution in [0.25, 0.3) is 0 Å². The summed E-state index contributed by atoms with van der Waals surface area (Å²) in [5, 5.41) is 0. The topological polar surface area (TPSA) is 66.4 Å². The van der Waals surface area contributed by atoms with Crippen molar-refractivity contribution in [1.82, 2.24) is 0 Å².